The Kier molecular flexibility index (Phi) is 6.77. The molecule has 3 aromatic rings. The molecule has 2 aromatic carbocycles. The van der Waals surface area contributed by atoms with Crippen LogP contribution in [-0.4, -0.2) is 35.6 Å². The number of para-hydroxylation sites is 1. The van der Waals surface area contributed by atoms with E-state index in [0.717, 1.165) is 16.1 Å². The first-order chi connectivity index (χ1) is 16.3. The number of hydrogen-bond acceptors (Lipinski definition) is 7. The molecule has 9 nitrogen and oxygen atoms in total. The number of pyridine rings is 1. The van der Waals surface area contributed by atoms with Gasteiger partial charge in [-0.3, -0.25) is 5.21 Å². The number of carbonyl (C=O) groups excluding carboxylic acids is 1. The zero-order valence-corrected chi connectivity index (χ0v) is 19.0. The summed E-state index contributed by atoms with van der Waals surface area (Å²) >= 11 is 0. The highest BCUT2D eigenvalue weighted by atomic mass is 32.2. The lowest BCUT2D eigenvalue weighted by Crippen LogP contribution is -2.43. The summed E-state index contributed by atoms with van der Waals surface area (Å²) in [7, 11) is -4.27. The Morgan fingerprint density at radius 3 is 2.62 bits per heavy atom. The van der Waals surface area contributed by atoms with Crippen molar-refractivity contribution in [1.82, 2.24) is 14.8 Å². The lowest BCUT2D eigenvalue weighted by atomic mass is 9.92. The van der Waals surface area contributed by atoms with E-state index < -0.39 is 28.2 Å². The standard InChI is InChI=1S/C23H22FN3O6S/c1-2-15-8-10-19(24)21-18(15)12-13-27(22(21)33-23(28)26-29)34(30,31)17-9-11-20(25-14-17)32-16-6-4-3-5-7-16/h3-11,14,22,29H,2,12-13H2,1H3,(H,26,28). The normalized spacial score (nSPS) is 15.9. The van der Waals surface area contributed by atoms with Crippen LogP contribution in [0, 0.1) is 5.82 Å². The van der Waals surface area contributed by atoms with Crippen LogP contribution in [0.4, 0.5) is 9.18 Å². The maximum absolute atomic E-state index is 14.9. The number of carbonyl (C=O) groups is 1. The average Bonchev–Trinajstić information content (AvgIpc) is 2.85. The van der Waals surface area contributed by atoms with Gasteiger partial charge in [0.05, 0.1) is 6.20 Å². The molecule has 2 N–H and O–H groups in total. The lowest BCUT2D eigenvalue weighted by Gasteiger charge is -2.36. The predicted molar refractivity (Wildman–Crippen MR) is 118 cm³/mol. The van der Waals surface area contributed by atoms with E-state index in [4.69, 9.17) is 14.7 Å². The van der Waals surface area contributed by atoms with Crippen molar-refractivity contribution in [2.75, 3.05) is 6.54 Å². The van der Waals surface area contributed by atoms with Gasteiger partial charge < -0.3 is 9.47 Å². The van der Waals surface area contributed by atoms with Gasteiger partial charge in [-0.1, -0.05) is 31.2 Å². The van der Waals surface area contributed by atoms with Gasteiger partial charge in [0, 0.05) is 18.2 Å². The molecule has 1 aliphatic rings. The van der Waals surface area contributed by atoms with Crippen LogP contribution in [0.25, 0.3) is 0 Å². The van der Waals surface area contributed by atoms with Gasteiger partial charge in [-0.25, -0.2) is 28.1 Å². The van der Waals surface area contributed by atoms with Crippen LogP contribution in [0.2, 0.25) is 0 Å². The fourth-order valence-electron chi connectivity index (χ4n) is 3.87. The van der Waals surface area contributed by atoms with Crippen molar-refractivity contribution in [3.05, 3.63) is 83.3 Å². The van der Waals surface area contributed by atoms with Crippen LogP contribution in [0.15, 0.2) is 65.7 Å². The zero-order valence-electron chi connectivity index (χ0n) is 18.1. The maximum atomic E-state index is 14.9. The summed E-state index contributed by atoms with van der Waals surface area (Å²) in [6.07, 6.45) is -1.01. The molecule has 0 aliphatic carbocycles. The van der Waals surface area contributed by atoms with E-state index in [1.165, 1.54) is 23.7 Å². The number of rotatable bonds is 6. The molecular formula is C23H22FN3O6S. The van der Waals surface area contributed by atoms with Crippen molar-refractivity contribution in [2.24, 2.45) is 0 Å². The molecule has 1 amide bonds. The molecule has 1 aromatic heterocycles. The highest BCUT2D eigenvalue weighted by molar-refractivity contribution is 7.89. The predicted octanol–water partition coefficient (Wildman–Crippen LogP) is 3.94. The molecule has 0 radical (unpaired) electrons. The van der Waals surface area contributed by atoms with Crippen LogP contribution in [0.5, 0.6) is 11.6 Å². The first-order valence-electron chi connectivity index (χ1n) is 10.5. The molecule has 0 bridgehead atoms. The van der Waals surface area contributed by atoms with Crippen molar-refractivity contribution in [3.8, 4) is 11.6 Å². The second-order valence-corrected chi connectivity index (χ2v) is 9.33. The molecular weight excluding hydrogens is 465 g/mol. The molecule has 34 heavy (non-hydrogen) atoms. The topological polar surface area (TPSA) is 118 Å². The minimum absolute atomic E-state index is 0.0604. The summed E-state index contributed by atoms with van der Waals surface area (Å²) < 4.78 is 53.4. The number of nitrogens with one attached hydrogen (secondary N) is 1. The number of halogens is 1. The molecule has 0 saturated carbocycles. The van der Waals surface area contributed by atoms with Crippen LogP contribution >= 0.6 is 0 Å². The van der Waals surface area contributed by atoms with Crippen LogP contribution in [-0.2, 0) is 27.6 Å². The second-order valence-electron chi connectivity index (χ2n) is 7.43. The Labute approximate surface area is 195 Å². The number of benzene rings is 2. The summed E-state index contributed by atoms with van der Waals surface area (Å²) in [5.74, 6) is -0.00303. The molecule has 4 rings (SSSR count). The summed E-state index contributed by atoms with van der Waals surface area (Å²) in [6.45, 7) is 1.81. The summed E-state index contributed by atoms with van der Waals surface area (Å²) in [5, 5.41) is 8.93. The van der Waals surface area contributed by atoms with Gasteiger partial charge in [-0.15, -0.1) is 0 Å². The molecule has 11 heteroatoms. The quantitative estimate of drug-likeness (QED) is 0.399. The van der Waals surface area contributed by atoms with Crippen LogP contribution < -0.4 is 10.2 Å². The lowest BCUT2D eigenvalue weighted by molar-refractivity contribution is 0.000307. The SMILES string of the molecule is CCc1ccc(F)c2c1CCN(S(=O)(=O)c1ccc(Oc3ccccc3)nc1)C2OC(=O)NO. The average molecular weight is 488 g/mol. The molecule has 0 saturated heterocycles. The van der Waals surface area contributed by atoms with Crippen molar-refractivity contribution in [1.29, 1.82) is 0 Å². The Bertz CT molecular complexity index is 1290. The number of nitrogens with zero attached hydrogens (tertiary/aromatic N) is 2. The number of amides is 1. The first-order valence-corrected chi connectivity index (χ1v) is 11.9. The number of hydrogen-bond donors (Lipinski definition) is 2. The summed E-state index contributed by atoms with van der Waals surface area (Å²) in [4.78, 5) is 15.7. The van der Waals surface area contributed by atoms with E-state index in [2.05, 4.69) is 4.98 Å². The van der Waals surface area contributed by atoms with Crippen LogP contribution in [0.1, 0.15) is 29.8 Å². The van der Waals surface area contributed by atoms with Gasteiger partial charge in [-0.2, -0.15) is 4.31 Å². The Balaban J connectivity index is 1.69. The third-order valence-electron chi connectivity index (χ3n) is 5.46. The smallest absolute Gasteiger partial charge is 0.432 e. The Morgan fingerprint density at radius 1 is 1.21 bits per heavy atom. The number of sulfonamides is 1. The highest BCUT2D eigenvalue weighted by Crippen LogP contribution is 2.38. The van der Waals surface area contributed by atoms with Gasteiger partial charge in [0.25, 0.3) is 0 Å². The van der Waals surface area contributed by atoms with E-state index in [0.29, 0.717) is 17.7 Å². The van der Waals surface area contributed by atoms with Crippen molar-refractivity contribution in [2.45, 2.75) is 30.9 Å². The Hall–Kier alpha value is -3.54. The third kappa shape index (κ3) is 4.58. The fourth-order valence-corrected chi connectivity index (χ4v) is 5.30. The maximum Gasteiger partial charge on any atom is 0.432 e. The van der Waals surface area contributed by atoms with Crippen LogP contribution in [0.3, 0.4) is 0 Å². The molecule has 1 unspecified atom stereocenters. The number of aryl methyl sites for hydroxylation is 1. The van der Waals surface area contributed by atoms with Gasteiger partial charge in [0.2, 0.25) is 15.9 Å². The molecule has 2 heterocycles. The molecule has 1 atom stereocenters. The molecule has 0 fully saturated rings. The fraction of sp³-hybridized carbons (Fsp3) is 0.217. The van der Waals surface area contributed by atoms with E-state index in [1.54, 1.807) is 30.3 Å². The minimum Gasteiger partial charge on any atom is -0.439 e. The molecule has 178 valence electrons. The second kappa shape index (κ2) is 9.75. The number of aromatic nitrogens is 1. The summed E-state index contributed by atoms with van der Waals surface area (Å²) in [6, 6.07) is 14.4. The summed E-state index contributed by atoms with van der Waals surface area (Å²) in [5.41, 5.74) is 2.63. The minimum atomic E-state index is -4.27. The van der Waals surface area contributed by atoms with E-state index in [9.17, 15) is 17.6 Å². The number of hydroxylamine groups is 1. The van der Waals surface area contributed by atoms with E-state index >= 15 is 0 Å². The van der Waals surface area contributed by atoms with E-state index in [-0.39, 0.29) is 29.3 Å². The highest BCUT2D eigenvalue weighted by Gasteiger charge is 2.41. The third-order valence-corrected chi connectivity index (χ3v) is 7.29. The number of ether oxygens (including phenoxy) is 2. The zero-order chi connectivity index (χ0) is 24.3. The van der Waals surface area contributed by atoms with E-state index in [1.807, 2.05) is 13.0 Å². The largest absolute Gasteiger partial charge is 0.439 e. The molecule has 0 spiro atoms. The van der Waals surface area contributed by atoms with Gasteiger partial charge in [0.15, 0.2) is 6.23 Å². The van der Waals surface area contributed by atoms with Crippen molar-refractivity contribution in [3.63, 3.8) is 0 Å². The monoisotopic (exact) mass is 487 g/mol. The molecule has 1 aliphatic heterocycles. The van der Waals surface area contributed by atoms with Gasteiger partial charge in [0.1, 0.15) is 16.5 Å². The Morgan fingerprint density at radius 2 is 1.97 bits per heavy atom. The van der Waals surface area contributed by atoms with Gasteiger partial charge >= 0.3 is 6.09 Å². The van der Waals surface area contributed by atoms with Crippen molar-refractivity contribution >= 4 is 16.1 Å². The first kappa shape index (κ1) is 23.6. The van der Waals surface area contributed by atoms with Crippen molar-refractivity contribution < 1.29 is 32.3 Å². The van der Waals surface area contributed by atoms with Gasteiger partial charge in [-0.05, 0) is 48.2 Å². The number of fused-ring (bicyclic) bond motifs is 1.